The van der Waals surface area contributed by atoms with Gasteiger partial charge in [-0.25, -0.2) is 4.79 Å². The van der Waals surface area contributed by atoms with E-state index in [9.17, 15) is 4.79 Å². The molecule has 1 aromatic carbocycles. The fourth-order valence-corrected chi connectivity index (χ4v) is 3.65. The highest BCUT2D eigenvalue weighted by Gasteiger charge is 2.21. The Bertz CT molecular complexity index is 752. The summed E-state index contributed by atoms with van der Waals surface area (Å²) >= 11 is 0. The minimum Gasteiger partial charge on any atom is -0.303 e. The van der Waals surface area contributed by atoms with Crippen LogP contribution < -0.4 is 5.69 Å². The molecule has 0 bridgehead atoms. The van der Waals surface area contributed by atoms with Gasteiger partial charge >= 0.3 is 5.69 Å². The van der Waals surface area contributed by atoms with Crippen LogP contribution in [0.1, 0.15) is 52.1 Å². The molecule has 1 saturated heterocycles. The van der Waals surface area contributed by atoms with E-state index in [1.165, 1.54) is 32.4 Å². The summed E-state index contributed by atoms with van der Waals surface area (Å²) in [6.45, 7) is 10.6. The molecule has 1 aliphatic rings. The Morgan fingerprint density at radius 2 is 1.75 bits per heavy atom. The molecule has 1 aromatic heterocycles. The molecule has 0 unspecified atom stereocenters. The van der Waals surface area contributed by atoms with Crippen molar-refractivity contribution in [2.24, 2.45) is 0 Å². The van der Waals surface area contributed by atoms with Crippen molar-refractivity contribution < 1.29 is 0 Å². The van der Waals surface area contributed by atoms with E-state index in [1.807, 2.05) is 16.7 Å². The van der Waals surface area contributed by atoms with Crippen LogP contribution >= 0.6 is 0 Å². The minimum absolute atomic E-state index is 0.114. The Hall–Kier alpha value is -1.68. The summed E-state index contributed by atoms with van der Waals surface area (Å²) in [6.07, 6.45) is 4.98. The second-order valence-electron chi connectivity index (χ2n) is 7.92. The third-order valence-electron chi connectivity index (χ3n) is 4.90. The van der Waals surface area contributed by atoms with Crippen LogP contribution in [-0.2, 0) is 12.0 Å². The average Bonchev–Trinajstić information content (AvgIpc) is 2.56. The molecule has 0 saturated carbocycles. The number of para-hydroxylation sites is 1. The van der Waals surface area contributed by atoms with Crippen LogP contribution in [0.25, 0.3) is 10.9 Å². The van der Waals surface area contributed by atoms with Gasteiger partial charge in [-0.2, -0.15) is 4.98 Å². The zero-order chi connectivity index (χ0) is 17.2. The van der Waals surface area contributed by atoms with Crippen LogP contribution in [0.4, 0.5) is 0 Å². The van der Waals surface area contributed by atoms with E-state index < -0.39 is 0 Å². The number of aromatic nitrogens is 2. The zero-order valence-electron chi connectivity index (χ0n) is 15.2. The van der Waals surface area contributed by atoms with Crippen LogP contribution in [0.2, 0.25) is 0 Å². The predicted molar refractivity (Wildman–Crippen MR) is 99.6 cm³/mol. The molecule has 0 atom stereocenters. The molecule has 0 aliphatic carbocycles. The lowest BCUT2D eigenvalue weighted by Gasteiger charge is -2.26. The number of likely N-dealkylation sites (tertiary alicyclic amines) is 1. The van der Waals surface area contributed by atoms with Crippen LogP contribution in [0.5, 0.6) is 0 Å². The Labute approximate surface area is 144 Å². The maximum Gasteiger partial charge on any atom is 0.348 e. The van der Waals surface area contributed by atoms with E-state index in [0.717, 1.165) is 36.1 Å². The molecule has 0 amide bonds. The van der Waals surface area contributed by atoms with Crippen molar-refractivity contribution in [3.05, 3.63) is 40.4 Å². The zero-order valence-corrected chi connectivity index (χ0v) is 15.2. The number of rotatable bonds is 4. The molecule has 0 N–H and O–H groups in total. The van der Waals surface area contributed by atoms with E-state index in [1.54, 1.807) is 0 Å². The first kappa shape index (κ1) is 17.2. The SMILES string of the molecule is CC(C)(C)c1nc(=O)n(CCCN2CCCCC2)c2ccccc12. The number of benzene rings is 1. The van der Waals surface area contributed by atoms with Crippen molar-refractivity contribution >= 4 is 10.9 Å². The Morgan fingerprint density at radius 1 is 1.04 bits per heavy atom. The molecule has 130 valence electrons. The van der Waals surface area contributed by atoms with Gasteiger partial charge in [0, 0.05) is 17.3 Å². The highest BCUT2D eigenvalue weighted by Crippen LogP contribution is 2.26. The normalized spacial score (nSPS) is 16.6. The van der Waals surface area contributed by atoms with Crippen molar-refractivity contribution in [3.63, 3.8) is 0 Å². The lowest BCUT2D eigenvalue weighted by molar-refractivity contribution is 0.223. The van der Waals surface area contributed by atoms with Crippen LogP contribution in [-0.4, -0.2) is 34.1 Å². The fourth-order valence-electron chi connectivity index (χ4n) is 3.65. The van der Waals surface area contributed by atoms with E-state index >= 15 is 0 Å². The second-order valence-corrected chi connectivity index (χ2v) is 7.92. The molecule has 2 aromatic rings. The van der Waals surface area contributed by atoms with Crippen LogP contribution in [0.3, 0.4) is 0 Å². The average molecular weight is 327 g/mol. The Morgan fingerprint density at radius 3 is 2.46 bits per heavy atom. The first-order chi connectivity index (χ1) is 11.5. The van der Waals surface area contributed by atoms with Crippen LogP contribution in [0, 0.1) is 0 Å². The van der Waals surface area contributed by atoms with Gasteiger partial charge in [0.15, 0.2) is 0 Å². The lowest BCUT2D eigenvalue weighted by Crippen LogP contribution is -2.33. The molecule has 0 radical (unpaired) electrons. The molecule has 4 heteroatoms. The van der Waals surface area contributed by atoms with Crippen molar-refractivity contribution in [2.45, 2.75) is 58.4 Å². The van der Waals surface area contributed by atoms with Gasteiger partial charge in [-0.15, -0.1) is 0 Å². The summed E-state index contributed by atoms with van der Waals surface area (Å²) < 4.78 is 1.86. The first-order valence-corrected chi connectivity index (χ1v) is 9.19. The molecule has 1 aliphatic heterocycles. The van der Waals surface area contributed by atoms with Crippen LogP contribution in [0.15, 0.2) is 29.1 Å². The summed E-state index contributed by atoms with van der Waals surface area (Å²) in [5, 5.41) is 1.10. The van der Waals surface area contributed by atoms with E-state index in [-0.39, 0.29) is 11.1 Å². The fraction of sp³-hybridized carbons (Fsp3) is 0.600. The van der Waals surface area contributed by atoms with E-state index in [0.29, 0.717) is 0 Å². The van der Waals surface area contributed by atoms with Gasteiger partial charge in [0.05, 0.1) is 11.2 Å². The monoisotopic (exact) mass is 327 g/mol. The maximum atomic E-state index is 12.6. The topological polar surface area (TPSA) is 38.1 Å². The smallest absolute Gasteiger partial charge is 0.303 e. The highest BCUT2D eigenvalue weighted by molar-refractivity contribution is 5.82. The quantitative estimate of drug-likeness (QED) is 0.861. The number of nitrogens with zero attached hydrogens (tertiary/aromatic N) is 3. The number of piperidine rings is 1. The molecule has 3 rings (SSSR count). The Kier molecular flexibility index (Phi) is 5.04. The standard InChI is InChI=1S/C20H29N3O/c1-20(2,3)18-16-10-5-6-11-17(16)23(19(24)21-18)15-9-14-22-12-7-4-8-13-22/h5-6,10-11H,4,7-9,12-15H2,1-3H3. The third-order valence-corrected chi connectivity index (χ3v) is 4.90. The third kappa shape index (κ3) is 3.69. The first-order valence-electron chi connectivity index (χ1n) is 9.19. The lowest BCUT2D eigenvalue weighted by atomic mass is 9.89. The summed E-state index contributed by atoms with van der Waals surface area (Å²) in [7, 11) is 0. The van der Waals surface area contributed by atoms with Crippen molar-refractivity contribution in [2.75, 3.05) is 19.6 Å². The van der Waals surface area contributed by atoms with Gasteiger partial charge in [0.25, 0.3) is 0 Å². The van der Waals surface area contributed by atoms with Crippen molar-refractivity contribution in [3.8, 4) is 0 Å². The number of fused-ring (bicyclic) bond motifs is 1. The molecular weight excluding hydrogens is 298 g/mol. The summed E-state index contributed by atoms with van der Waals surface area (Å²) in [5.74, 6) is 0. The minimum atomic E-state index is -0.133. The summed E-state index contributed by atoms with van der Waals surface area (Å²) in [6, 6.07) is 8.18. The highest BCUT2D eigenvalue weighted by atomic mass is 16.1. The Balaban J connectivity index is 1.85. The van der Waals surface area contributed by atoms with Gasteiger partial charge in [-0.3, -0.25) is 4.57 Å². The van der Waals surface area contributed by atoms with E-state index in [4.69, 9.17) is 0 Å². The van der Waals surface area contributed by atoms with Gasteiger partial charge in [-0.1, -0.05) is 45.4 Å². The molecule has 2 heterocycles. The number of hydrogen-bond acceptors (Lipinski definition) is 3. The van der Waals surface area contributed by atoms with Gasteiger partial charge in [0.2, 0.25) is 0 Å². The number of aryl methyl sites for hydroxylation is 1. The van der Waals surface area contributed by atoms with E-state index in [2.05, 4.69) is 42.8 Å². The summed E-state index contributed by atoms with van der Waals surface area (Å²) in [4.78, 5) is 19.6. The molecule has 1 fully saturated rings. The second kappa shape index (κ2) is 7.06. The molecular formula is C20H29N3O. The molecule has 0 spiro atoms. The van der Waals surface area contributed by atoms with Gasteiger partial charge in [-0.05, 0) is 45.0 Å². The van der Waals surface area contributed by atoms with Gasteiger partial charge in [0.1, 0.15) is 0 Å². The summed E-state index contributed by atoms with van der Waals surface area (Å²) in [5.41, 5.74) is 1.67. The predicted octanol–water partition coefficient (Wildman–Crippen LogP) is 3.57. The van der Waals surface area contributed by atoms with Crippen molar-refractivity contribution in [1.82, 2.24) is 14.5 Å². The van der Waals surface area contributed by atoms with Gasteiger partial charge < -0.3 is 4.90 Å². The largest absolute Gasteiger partial charge is 0.348 e. The van der Waals surface area contributed by atoms with Crippen molar-refractivity contribution in [1.29, 1.82) is 0 Å². The molecule has 4 nitrogen and oxygen atoms in total. The number of hydrogen-bond donors (Lipinski definition) is 0. The maximum absolute atomic E-state index is 12.6. The molecule has 24 heavy (non-hydrogen) atoms.